The van der Waals surface area contributed by atoms with Gasteiger partial charge in [0.1, 0.15) is 12.4 Å². The van der Waals surface area contributed by atoms with Crippen LogP contribution in [0.3, 0.4) is 0 Å². The molecule has 0 aliphatic carbocycles. The second-order valence-electron chi connectivity index (χ2n) is 7.30. The summed E-state index contributed by atoms with van der Waals surface area (Å²) in [6.07, 6.45) is 0.712. The zero-order chi connectivity index (χ0) is 22.1. The van der Waals surface area contributed by atoms with Gasteiger partial charge in [0.2, 0.25) is 6.10 Å². The Morgan fingerprint density at radius 2 is 1.97 bits per heavy atom. The number of nitrogens with zero attached hydrogens (tertiary/aromatic N) is 2. The van der Waals surface area contributed by atoms with Gasteiger partial charge >= 0.3 is 0 Å². The number of aromatic nitrogens is 2. The summed E-state index contributed by atoms with van der Waals surface area (Å²) in [6, 6.07) is 15.9. The lowest BCUT2D eigenvalue weighted by atomic mass is 10.2. The van der Waals surface area contributed by atoms with E-state index in [4.69, 9.17) is 13.9 Å². The fourth-order valence-corrected chi connectivity index (χ4v) is 3.51. The van der Waals surface area contributed by atoms with E-state index in [9.17, 15) is 9.59 Å². The number of ether oxygens (including phenoxy) is 2. The predicted molar refractivity (Wildman–Crippen MR) is 116 cm³/mol. The highest BCUT2D eigenvalue weighted by atomic mass is 16.6. The van der Waals surface area contributed by atoms with Crippen LogP contribution >= 0.6 is 0 Å². The third-order valence-electron chi connectivity index (χ3n) is 5.20. The standard InChI is InChI=1S/C23H20N4O5/c1-27-16-9-8-14(25-23(29)19-7-4-10-30-19)11-15(16)26-21(27)12-24-22(28)20-13-31-17-5-2-3-6-18(17)32-20/h2-11,20H,12-13H2,1H3,(H,24,28)(H,25,29)/t20-/m0/s1. The number of hydrogen-bond acceptors (Lipinski definition) is 6. The average Bonchev–Trinajstić information content (AvgIpc) is 3.46. The zero-order valence-electron chi connectivity index (χ0n) is 17.2. The van der Waals surface area contributed by atoms with E-state index < -0.39 is 6.10 Å². The Morgan fingerprint density at radius 1 is 1.12 bits per heavy atom. The maximum Gasteiger partial charge on any atom is 0.291 e. The number of imidazole rings is 1. The van der Waals surface area contributed by atoms with Crippen LogP contribution in [0.5, 0.6) is 11.5 Å². The molecule has 1 aliphatic rings. The molecule has 0 unspecified atom stereocenters. The number of rotatable bonds is 5. The quantitative estimate of drug-likeness (QED) is 0.502. The Kier molecular flexibility index (Phi) is 4.98. The summed E-state index contributed by atoms with van der Waals surface area (Å²) in [5.74, 6) is 1.45. The molecule has 32 heavy (non-hydrogen) atoms. The minimum Gasteiger partial charge on any atom is -0.485 e. The van der Waals surface area contributed by atoms with E-state index in [2.05, 4.69) is 15.6 Å². The van der Waals surface area contributed by atoms with Crippen molar-refractivity contribution < 1.29 is 23.5 Å². The maximum atomic E-state index is 12.6. The summed E-state index contributed by atoms with van der Waals surface area (Å²) in [5, 5.41) is 5.64. The molecular formula is C23H20N4O5. The van der Waals surface area contributed by atoms with Crippen LogP contribution in [0.25, 0.3) is 11.0 Å². The van der Waals surface area contributed by atoms with Crippen molar-refractivity contribution in [1.82, 2.24) is 14.9 Å². The first-order chi connectivity index (χ1) is 15.6. The van der Waals surface area contributed by atoms with E-state index in [1.165, 1.54) is 6.26 Å². The number of nitrogens with one attached hydrogen (secondary N) is 2. The third kappa shape index (κ3) is 3.76. The number of carbonyl (C=O) groups excluding carboxylic acids is 2. The van der Waals surface area contributed by atoms with Crippen molar-refractivity contribution >= 4 is 28.5 Å². The number of benzene rings is 2. The smallest absolute Gasteiger partial charge is 0.291 e. The Balaban J connectivity index is 1.26. The molecule has 2 aromatic heterocycles. The van der Waals surface area contributed by atoms with Crippen LogP contribution in [-0.2, 0) is 18.4 Å². The molecule has 0 fully saturated rings. The second kappa shape index (κ2) is 8.10. The molecule has 0 saturated heterocycles. The van der Waals surface area contributed by atoms with Gasteiger partial charge in [-0.1, -0.05) is 12.1 Å². The highest BCUT2D eigenvalue weighted by molar-refractivity contribution is 6.03. The van der Waals surface area contributed by atoms with E-state index in [-0.39, 0.29) is 30.7 Å². The van der Waals surface area contributed by atoms with Gasteiger partial charge < -0.3 is 29.1 Å². The van der Waals surface area contributed by atoms with Gasteiger partial charge in [-0.25, -0.2) is 4.98 Å². The number of carbonyl (C=O) groups is 2. The highest BCUT2D eigenvalue weighted by Crippen LogP contribution is 2.30. The maximum absolute atomic E-state index is 12.6. The summed E-state index contributed by atoms with van der Waals surface area (Å²) in [5.41, 5.74) is 2.16. The topological polar surface area (TPSA) is 108 Å². The normalized spacial score (nSPS) is 14.8. The van der Waals surface area contributed by atoms with Crippen molar-refractivity contribution in [2.45, 2.75) is 12.6 Å². The van der Waals surface area contributed by atoms with Crippen molar-refractivity contribution in [1.29, 1.82) is 0 Å². The first kappa shape index (κ1) is 19.7. The lowest BCUT2D eigenvalue weighted by molar-refractivity contribution is -0.130. The molecule has 3 heterocycles. The molecule has 0 spiro atoms. The van der Waals surface area contributed by atoms with E-state index in [0.29, 0.717) is 28.5 Å². The fourth-order valence-electron chi connectivity index (χ4n) is 3.51. The lowest BCUT2D eigenvalue weighted by Gasteiger charge is -2.25. The van der Waals surface area contributed by atoms with Crippen LogP contribution in [0.15, 0.2) is 65.3 Å². The van der Waals surface area contributed by atoms with Crippen molar-refractivity contribution in [3.05, 3.63) is 72.4 Å². The van der Waals surface area contributed by atoms with Crippen molar-refractivity contribution in [2.24, 2.45) is 7.05 Å². The molecule has 9 nitrogen and oxygen atoms in total. The van der Waals surface area contributed by atoms with Crippen LogP contribution < -0.4 is 20.1 Å². The number of aryl methyl sites for hydroxylation is 1. The van der Waals surface area contributed by atoms with Crippen LogP contribution in [0.1, 0.15) is 16.4 Å². The van der Waals surface area contributed by atoms with Crippen molar-refractivity contribution in [3.63, 3.8) is 0 Å². The number of fused-ring (bicyclic) bond motifs is 2. The van der Waals surface area contributed by atoms with Gasteiger partial charge in [0.25, 0.3) is 11.8 Å². The van der Waals surface area contributed by atoms with E-state index in [1.807, 2.05) is 29.8 Å². The molecule has 2 amide bonds. The molecule has 2 aromatic carbocycles. The number of anilines is 1. The summed E-state index contributed by atoms with van der Waals surface area (Å²) in [4.78, 5) is 29.4. The Hall–Kier alpha value is -4.27. The Morgan fingerprint density at radius 3 is 2.78 bits per heavy atom. The van der Waals surface area contributed by atoms with Crippen LogP contribution in [-0.4, -0.2) is 34.1 Å². The predicted octanol–water partition coefficient (Wildman–Crippen LogP) is 2.87. The fraction of sp³-hybridized carbons (Fsp3) is 0.174. The second-order valence-corrected chi connectivity index (χ2v) is 7.30. The molecule has 1 aliphatic heterocycles. The summed E-state index contributed by atoms with van der Waals surface area (Å²) >= 11 is 0. The number of amides is 2. The molecule has 1 atom stereocenters. The SMILES string of the molecule is Cn1c(CNC(=O)[C@@H]2COc3ccccc3O2)nc2cc(NC(=O)c3ccco3)ccc21. The van der Waals surface area contributed by atoms with E-state index >= 15 is 0 Å². The molecule has 0 saturated carbocycles. The van der Waals surface area contributed by atoms with Gasteiger partial charge in [0, 0.05) is 12.7 Å². The summed E-state index contributed by atoms with van der Waals surface area (Å²) in [6.45, 7) is 0.365. The Bertz CT molecular complexity index is 1300. The van der Waals surface area contributed by atoms with Gasteiger partial charge in [0.05, 0.1) is 23.8 Å². The summed E-state index contributed by atoms with van der Waals surface area (Å²) < 4.78 is 18.3. The van der Waals surface area contributed by atoms with E-state index in [0.717, 1.165) is 5.52 Å². The minimum atomic E-state index is -0.733. The molecule has 162 valence electrons. The number of para-hydroxylation sites is 2. The van der Waals surface area contributed by atoms with Gasteiger partial charge in [-0.05, 0) is 42.5 Å². The molecule has 0 radical (unpaired) electrons. The van der Waals surface area contributed by atoms with Crippen molar-refractivity contribution in [2.75, 3.05) is 11.9 Å². The molecule has 0 bridgehead atoms. The average molecular weight is 432 g/mol. The van der Waals surface area contributed by atoms with Gasteiger partial charge in [-0.15, -0.1) is 0 Å². The Labute approximate surface area is 182 Å². The molecule has 9 heteroatoms. The third-order valence-corrected chi connectivity index (χ3v) is 5.20. The van der Waals surface area contributed by atoms with Crippen LogP contribution in [0.4, 0.5) is 5.69 Å². The molecular weight excluding hydrogens is 412 g/mol. The van der Waals surface area contributed by atoms with Crippen molar-refractivity contribution in [3.8, 4) is 11.5 Å². The van der Waals surface area contributed by atoms with Gasteiger partial charge in [-0.3, -0.25) is 9.59 Å². The lowest BCUT2D eigenvalue weighted by Crippen LogP contribution is -2.43. The molecule has 5 rings (SSSR count). The highest BCUT2D eigenvalue weighted by Gasteiger charge is 2.27. The zero-order valence-corrected chi connectivity index (χ0v) is 17.2. The first-order valence-electron chi connectivity index (χ1n) is 10.0. The van der Waals surface area contributed by atoms with Gasteiger partial charge in [0.15, 0.2) is 17.3 Å². The summed E-state index contributed by atoms with van der Waals surface area (Å²) in [7, 11) is 1.87. The van der Waals surface area contributed by atoms with Gasteiger partial charge in [-0.2, -0.15) is 0 Å². The number of furan rings is 1. The molecule has 4 aromatic rings. The molecule has 2 N–H and O–H groups in total. The monoisotopic (exact) mass is 432 g/mol. The van der Waals surface area contributed by atoms with Crippen LogP contribution in [0, 0.1) is 0 Å². The van der Waals surface area contributed by atoms with Crippen LogP contribution in [0.2, 0.25) is 0 Å². The number of hydrogen-bond donors (Lipinski definition) is 2. The first-order valence-corrected chi connectivity index (χ1v) is 10.0. The largest absolute Gasteiger partial charge is 0.485 e. The minimum absolute atomic E-state index is 0.143. The van der Waals surface area contributed by atoms with E-state index in [1.54, 1.807) is 36.4 Å².